The van der Waals surface area contributed by atoms with Crippen LogP contribution in [0.4, 0.5) is 0 Å². The minimum Gasteiger partial charge on any atom is -0.489 e. The first-order chi connectivity index (χ1) is 18.6. The molecule has 2 aliphatic carbocycles. The molecule has 3 rings (SSSR count). The predicted molar refractivity (Wildman–Crippen MR) is 162 cm³/mol. The van der Waals surface area contributed by atoms with Gasteiger partial charge in [0.15, 0.2) is 22.8 Å². The lowest BCUT2D eigenvalue weighted by molar-refractivity contribution is -0.180. The molecule has 2 N–H and O–H groups in total. The highest BCUT2D eigenvalue weighted by Crippen LogP contribution is 2.69. The molecule has 3 aliphatic rings. The number of allylic oxidation sites excluding steroid dienone is 6. The van der Waals surface area contributed by atoms with Crippen LogP contribution in [0.2, 0.25) is 0 Å². The third kappa shape index (κ3) is 5.59. The molecule has 41 heavy (non-hydrogen) atoms. The summed E-state index contributed by atoms with van der Waals surface area (Å²) in [6.45, 7) is 20.2. The number of ketones is 3. The highest BCUT2D eigenvalue weighted by Gasteiger charge is 2.77. The molecular formula is C35H52O6. The number of Topliss-reactive ketones (excluding diaryl/α,β-unsaturated/α-hetero) is 3. The second kappa shape index (κ2) is 11.1. The van der Waals surface area contributed by atoms with Crippen LogP contribution in [0.1, 0.15) is 108 Å². The topological polar surface area (TPSA) is 101 Å². The van der Waals surface area contributed by atoms with Gasteiger partial charge in [-0.05, 0) is 87.0 Å². The van der Waals surface area contributed by atoms with Crippen molar-refractivity contribution in [3.05, 3.63) is 46.8 Å². The van der Waals surface area contributed by atoms with E-state index in [2.05, 4.69) is 6.08 Å². The van der Waals surface area contributed by atoms with Crippen LogP contribution in [-0.2, 0) is 19.1 Å². The van der Waals surface area contributed by atoms with E-state index >= 15 is 4.79 Å². The molecule has 228 valence electrons. The Labute approximate surface area is 247 Å². The molecule has 5 atom stereocenters. The summed E-state index contributed by atoms with van der Waals surface area (Å²) in [4.78, 5) is 44.6. The second-order valence-electron chi connectivity index (χ2n) is 14.9. The van der Waals surface area contributed by atoms with E-state index in [0.717, 1.165) is 11.1 Å². The number of carbonyl (C=O) groups is 3. The standard InChI is InChI=1S/C35H52O6/c1-21(2)13-14-24-20-34(18-15-22(3)4)28(37)25-19-26(32(9,10)40)41-29(25)35(30(34)38,27(36)23(5)6)33(24,11)17-12-16-31(7,8)39/h12-13,15-16,23-24,26,39-40H,14,17-20H2,1-11H3/b16-12+/t24-,26+,33+,34+,35-/m0/s1. The van der Waals surface area contributed by atoms with Gasteiger partial charge < -0.3 is 14.9 Å². The van der Waals surface area contributed by atoms with Crippen LogP contribution in [0, 0.1) is 28.1 Å². The maximum Gasteiger partial charge on any atom is 0.176 e. The summed E-state index contributed by atoms with van der Waals surface area (Å²) >= 11 is 0. The van der Waals surface area contributed by atoms with E-state index in [9.17, 15) is 19.8 Å². The van der Waals surface area contributed by atoms with Gasteiger partial charge in [-0.25, -0.2) is 0 Å². The lowest BCUT2D eigenvalue weighted by Crippen LogP contribution is -2.69. The number of aliphatic hydroxyl groups is 2. The monoisotopic (exact) mass is 568 g/mol. The number of fused-ring (bicyclic) bond motifs is 3. The van der Waals surface area contributed by atoms with Gasteiger partial charge in [-0.2, -0.15) is 0 Å². The minimum atomic E-state index is -1.71. The van der Waals surface area contributed by atoms with E-state index in [1.807, 2.05) is 46.8 Å². The molecule has 0 saturated heterocycles. The van der Waals surface area contributed by atoms with Crippen LogP contribution in [-0.4, -0.2) is 44.9 Å². The van der Waals surface area contributed by atoms with Crippen LogP contribution < -0.4 is 0 Å². The van der Waals surface area contributed by atoms with Crippen molar-refractivity contribution in [2.75, 3.05) is 0 Å². The first kappa shape index (κ1) is 33.2. The van der Waals surface area contributed by atoms with Crippen LogP contribution >= 0.6 is 0 Å². The average Bonchev–Trinajstić information content (AvgIpc) is 3.28. The fourth-order valence-corrected chi connectivity index (χ4v) is 7.17. The number of rotatable bonds is 10. The maximum atomic E-state index is 15.2. The van der Waals surface area contributed by atoms with Crippen molar-refractivity contribution < 1.29 is 29.3 Å². The Morgan fingerprint density at radius 3 is 2.10 bits per heavy atom. The van der Waals surface area contributed by atoms with Gasteiger partial charge in [0.1, 0.15) is 11.9 Å². The zero-order chi connectivity index (χ0) is 31.3. The van der Waals surface area contributed by atoms with Crippen molar-refractivity contribution in [2.24, 2.45) is 28.1 Å². The molecule has 0 spiro atoms. The number of hydrogen-bond donors (Lipinski definition) is 2. The number of carbonyl (C=O) groups excluding carboxylic acids is 3. The fraction of sp³-hybridized carbons (Fsp3) is 0.686. The summed E-state index contributed by atoms with van der Waals surface area (Å²) in [6.07, 6.45) is 8.54. The Kier molecular flexibility index (Phi) is 8.97. The fourth-order valence-electron chi connectivity index (χ4n) is 7.17. The normalized spacial score (nSPS) is 31.9. The van der Waals surface area contributed by atoms with E-state index in [1.165, 1.54) is 0 Å². The Hall–Kier alpha value is -2.31. The zero-order valence-corrected chi connectivity index (χ0v) is 27.1. The molecule has 0 aromatic rings. The Morgan fingerprint density at radius 1 is 1.02 bits per heavy atom. The number of hydrogen-bond acceptors (Lipinski definition) is 6. The summed E-state index contributed by atoms with van der Waals surface area (Å²) in [5.74, 6) is -1.43. The smallest absolute Gasteiger partial charge is 0.176 e. The van der Waals surface area contributed by atoms with Crippen molar-refractivity contribution in [3.63, 3.8) is 0 Å². The second-order valence-corrected chi connectivity index (χ2v) is 14.9. The van der Waals surface area contributed by atoms with E-state index in [-0.39, 0.29) is 41.9 Å². The van der Waals surface area contributed by atoms with Gasteiger partial charge >= 0.3 is 0 Å². The molecule has 0 unspecified atom stereocenters. The molecule has 1 fully saturated rings. The molecule has 0 aromatic carbocycles. The Bertz CT molecular complexity index is 1210. The van der Waals surface area contributed by atoms with Crippen LogP contribution in [0.15, 0.2) is 46.8 Å². The minimum absolute atomic E-state index is 0.156. The van der Waals surface area contributed by atoms with Gasteiger partial charge in [0, 0.05) is 23.3 Å². The van der Waals surface area contributed by atoms with Crippen LogP contribution in [0.5, 0.6) is 0 Å². The molecule has 6 nitrogen and oxygen atoms in total. The first-order valence-electron chi connectivity index (χ1n) is 15.1. The molecule has 0 radical (unpaired) electrons. The molecule has 1 aliphatic heterocycles. The van der Waals surface area contributed by atoms with Gasteiger partial charge in [-0.15, -0.1) is 0 Å². The zero-order valence-electron chi connectivity index (χ0n) is 27.1. The molecule has 1 saturated carbocycles. The highest BCUT2D eigenvalue weighted by atomic mass is 16.5. The molecule has 6 heteroatoms. The largest absolute Gasteiger partial charge is 0.489 e. The van der Waals surface area contributed by atoms with Crippen molar-refractivity contribution in [1.29, 1.82) is 0 Å². The van der Waals surface area contributed by atoms with Crippen LogP contribution in [0.25, 0.3) is 0 Å². The van der Waals surface area contributed by atoms with Crippen molar-refractivity contribution in [3.8, 4) is 0 Å². The van der Waals surface area contributed by atoms with Gasteiger partial charge in [0.25, 0.3) is 0 Å². The summed E-state index contributed by atoms with van der Waals surface area (Å²) in [6, 6.07) is 0. The van der Waals surface area contributed by atoms with E-state index < -0.39 is 39.5 Å². The van der Waals surface area contributed by atoms with Gasteiger partial charge in [0.2, 0.25) is 0 Å². The Morgan fingerprint density at radius 2 is 1.61 bits per heavy atom. The van der Waals surface area contributed by atoms with E-state index in [4.69, 9.17) is 4.74 Å². The van der Waals surface area contributed by atoms with Crippen molar-refractivity contribution in [1.82, 2.24) is 0 Å². The number of ether oxygens (including phenoxy) is 1. The van der Waals surface area contributed by atoms with Crippen molar-refractivity contribution in [2.45, 2.75) is 126 Å². The molecular weight excluding hydrogens is 516 g/mol. The Balaban J connectivity index is 2.48. The molecule has 1 heterocycles. The first-order valence-corrected chi connectivity index (χ1v) is 15.1. The van der Waals surface area contributed by atoms with Crippen LogP contribution in [0.3, 0.4) is 0 Å². The molecule has 0 amide bonds. The van der Waals surface area contributed by atoms with E-state index in [0.29, 0.717) is 24.8 Å². The van der Waals surface area contributed by atoms with Gasteiger partial charge in [-0.3, -0.25) is 14.4 Å². The molecule has 0 aromatic heterocycles. The molecule has 2 bridgehead atoms. The van der Waals surface area contributed by atoms with Gasteiger partial charge in [-0.1, -0.05) is 56.2 Å². The summed E-state index contributed by atoms with van der Waals surface area (Å²) in [5.41, 5.74) is -3.91. The maximum absolute atomic E-state index is 15.2. The third-order valence-electron chi connectivity index (χ3n) is 9.52. The third-order valence-corrected chi connectivity index (χ3v) is 9.52. The summed E-state index contributed by atoms with van der Waals surface area (Å²) < 4.78 is 6.48. The average molecular weight is 569 g/mol. The highest BCUT2D eigenvalue weighted by molar-refractivity contribution is 6.28. The summed E-state index contributed by atoms with van der Waals surface area (Å²) in [5, 5.41) is 21.5. The summed E-state index contributed by atoms with van der Waals surface area (Å²) in [7, 11) is 0. The van der Waals surface area contributed by atoms with E-state index in [1.54, 1.807) is 47.6 Å². The lowest BCUT2D eigenvalue weighted by Gasteiger charge is -2.61. The lowest BCUT2D eigenvalue weighted by atomic mass is 9.38. The predicted octanol–water partition coefficient (Wildman–Crippen LogP) is 6.61. The van der Waals surface area contributed by atoms with Crippen molar-refractivity contribution >= 4 is 17.3 Å². The quantitative estimate of drug-likeness (QED) is 0.227. The van der Waals surface area contributed by atoms with Gasteiger partial charge in [0.05, 0.1) is 16.6 Å². The SMILES string of the molecule is CC(C)=CC[C@H]1C[C@]2(CC=C(C)C)C(=O)C3=C(O[C@@H](C(C)(C)O)C3)[C@@](C(=O)C(C)C)(C2=O)[C@]1(C)C/C=C/C(C)(C)O.